The van der Waals surface area contributed by atoms with Crippen LogP contribution in [-0.2, 0) is 4.74 Å². The molecule has 2 saturated heterocycles. The van der Waals surface area contributed by atoms with E-state index < -0.39 is 0 Å². The molecular weight excluding hydrogens is 302 g/mol. The molecule has 6 heteroatoms. The van der Waals surface area contributed by atoms with Gasteiger partial charge in [-0.15, -0.1) is 0 Å². The van der Waals surface area contributed by atoms with Crippen molar-refractivity contribution in [1.29, 1.82) is 0 Å². The minimum Gasteiger partial charge on any atom is -0.381 e. The van der Waals surface area contributed by atoms with Gasteiger partial charge in [0.25, 0.3) is 0 Å². The van der Waals surface area contributed by atoms with Gasteiger partial charge in [-0.05, 0) is 43.9 Å². The van der Waals surface area contributed by atoms with Crippen molar-refractivity contribution < 1.29 is 4.74 Å². The lowest BCUT2D eigenvalue weighted by molar-refractivity contribution is 0.154. The molecule has 6 nitrogen and oxygen atoms in total. The van der Waals surface area contributed by atoms with Crippen molar-refractivity contribution in [2.24, 2.45) is 11.8 Å². The Morgan fingerprint density at radius 2 is 1.88 bits per heavy atom. The first kappa shape index (κ1) is 16.1. The van der Waals surface area contributed by atoms with E-state index in [-0.39, 0.29) is 0 Å². The predicted molar refractivity (Wildman–Crippen MR) is 95.3 cm³/mol. The standard InChI is InChI=1S/C18H29N5O/c1-2-14(1)10-19-17-9-18(21-13-20-17)22-16-3-6-23(7-4-16)11-15-5-8-24-12-15/h9,13-16H,1-8,10-12H2,(H2,19,20,21,22)/t15-/m0/s1. The van der Waals surface area contributed by atoms with E-state index in [2.05, 4.69) is 25.5 Å². The van der Waals surface area contributed by atoms with Crippen molar-refractivity contribution in [3.05, 3.63) is 12.4 Å². The number of hydrogen-bond donors (Lipinski definition) is 2. The molecule has 1 saturated carbocycles. The predicted octanol–water partition coefficient (Wildman–Crippen LogP) is 2.21. The van der Waals surface area contributed by atoms with Gasteiger partial charge in [0.2, 0.25) is 0 Å². The maximum Gasteiger partial charge on any atom is 0.131 e. The van der Waals surface area contributed by atoms with Gasteiger partial charge in [0.15, 0.2) is 0 Å². The Bertz CT molecular complexity index is 522. The molecule has 3 aliphatic rings. The fourth-order valence-corrected chi connectivity index (χ4v) is 3.67. The summed E-state index contributed by atoms with van der Waals surface area (Å²) in [5, 5.41) is 7.02. The molecule has 0 aromatic carbocycles. The molecule has 0 spiro atoms. The maximum absolute atomic E-state index is 5.49. The Morgan fingerprint density at radius 3 is 2.62 bits per heavy atom. The summed E-state index contributed by atoms with van der Waals surface area (Å²) in [6.07, 6.45) is 7.97. The van der Waals surface area contributed by atoms with Gasteiger partial charge in [0, 0.05) is 44.9 Å². The number of likely N-dealkylation sites (tertiary alicyclic amines) is 1. The smallest absolute Gasteiger partial charge is 0.131 e. The second-order valence-electron chi connectivity index (χ2n) is 7.56. The Hall–Kier alpha value is -1.40. The average molecular weight is 331 g/mol. The number of aromatic nitrogens is 2. The summed E-state index contributed by atoms with van der Waals surface area (Å²) in [4.78, 5) is 11.3. The van der Waals surface area contributed by atoms with Gasteiger partial charge in [-0.25, -0.2) is 9.97 Å². The molecule has 24 heavy (non-hydrogen) atoms. The summed E-state index contributed by atoms with van der Waals surface area (Å²) in [5.41, 5.74) is 0. The van der Waals surface area contributed by atoms with Gasteiger partial charge >= 0.3 is 0 Å². The average Bonchev–Trinajstić information content (AvgIpc) is 3.30. The van der Waals surface area contributed by atoms with Gasteiger partial charge in [-0.3, -0.25) is 0 Å². The van der Waals surface area contributed by atoms with Crippen molar-refractivity contribution in [1.82, 2.24) is 14.9 Å². The maximum atomic E-state index is 5.49. The molecule has 1 atom stereocenters. The van der Waals surface area contributed by atoms with E-state index in [0.717, 1.165) is 43.2 Å². The van der Waals surface area contributed by atoms with Gasteiger partial charge in [-0.2, -0.15) is 0 Å². The largest absolute Gasteiger partial charge is 0.381 e. The lowest BCUT2D eigenvalue weighted by Gasteiger charge is -2.33. The van der Waals surface area contributed by atoms with Crippen LogP contribution < -0.4 is 10.6 Å². The lowest BCUT2D eigenvalue weighted by atomic mass is 10.0. The van der Waals surface area contributed by atoms with Crippen molar-refractivity contribution >= 4 is 11.6 Å². The molecule has 2 aliphatic heterocycles. The van der Waals surface area contributed by atoms with Crippen LogP contribution in [0.3, 0.4) is 0 Å². The quantitative estimate of drug-likeness (QED) is 0.799. The molecule has 2 N–H and O–H groups in total. The number of piperidine rings is 1. The second-order valence-corrected chi connectivity index (χ2v) is 7.56. The number of anilines is 2. The molecule has 3 fully saturated rings. The molecule has 1 aromatic rings. The highest BCUT2D eigenvalue weighted by atomic mass is 16.5. The topological polar surface area (TPSA) is 62.3 Å². The molecule has 0 radical (unpaired) electrons. The number of nitrogens with one attached hydrogen (secondary N) is 2. The van der Waals surface area contributed by atoms with Crippen LogP contribution in [-0.4, -0.2) is 60.3 Å². The summed E-state index contributed by atoms with van der Waals surface area (Å²) in [5.74, 6) is 3.49. The molecule has 0 bridgehead atoms. The van der Waals surface area contributed by atoms with E-state index >= 15 is 0 Å². The monoisotopic (exact) mass is 331 g/mol. The van der Waals surface area contributed by atoms with Crippen LogP contribution in [0.1, 0.15) is 32.1 Å². The Morgan fingerprint density at radius 1 is 1.04 bits per heavy atom. The minimum atomic E-state index is 0.521. The third kappa shape index (κ3) is 4.57. The zero-order valence-corrected chi connectivity index (χ0v) is 14.4. The highest BCUT2D eigenvalue weighted by Crippen LogP contribution is 2.28. The lowest BCUT2D eigenvalue weighted by Crippen LogP contribution is -2.41. The molecule has 4 rings (SSSR count). The van der Waals surface area contributed by atoms with Crippen LogP contribution in [0, 0.1) is 11.8 Å². The van der Waals surface area contributed by atoms with Gasteiger partial charge in [0.05, 0.1) is 6.61 Å². The third-order valence-corrected chi connectivity index (χ3v) is 5.42. The van der Waals surface area contributed by atoms with Crippen LogP contribution in [0.2, 0.25) is 0 Å². The second kappa shape index (κ2) is 7.66. The number of nitrogens with zero attached hydrogens (tertiary/aromatic N) is 3. The van der Waals surface area contributed by atoms with E-state index in [4.69, 9.17) is 4.74 Å². The number of ether oxygens (including phenoxy) is 1. The first-order valence-electron chi connectivity index (χ1n) is 9.48. The van der Waals surface area contributed by atoms with E-state index in [1.54, 1.807) is 6.33 Å². The molecule has 1 aliphatic carbocycles. The van der Waals surface area contributed by atoms with Gasteiger partial charge in [-0.1, -0.05) is 0 Å². The van der Waals surface area contributed by atoms with Crippen LogP contribution >= 0.6 is 0 Å². The zero-order valence-electron chi connectivity index (χ0n) is 14.4. The van der Waals surface area contributed by atoms with Crippen LogP contribution in [0.25, 0.3) is 0 Å². The van der Waals surface area contributed by atoms with E-state index in [1.807, 2.05) is 6.07 Å². The molecule has 0 unspecified atom stereocenters. The Labute approximate surface area is 144 Å². The highest BCUT2D eigenvalue weighted by Gasteiger charge is 2.24. The summed E-state index contributed by atoms with van der Waals surface area (Å²) in [6.45, 7) is 6.50. The first-order chi connectivity index (χ1) is 11.8. The SMILES string of the molecule is c1nc(NCC2CC2)cc(NC2CCN(C[C@@H]3CCOC3)CC2)n1. The normalized spacial score (nSPS) is 25.8. The highest BCUT2D eigenvalue weighted by molar-refractivity contribution is 5.47. The molecule has 132 valence electrons. The number of hydrogen-bond acceptors (Lipinski definition) is 6. The van der Waals surface area contributed by atoms with Gasteiger partial charge < -0.3 is 20.3 Å². The van der Waals surface area contributed by atoms with Crippen molar-refractivity contribution in [3.8, 4) is 0 Å². The summed E-state index contributed by atoms with van der Waals surface area (Å²) in [7, 11) is 0. The fraction of sp³-hybridized carbons (Fsp3) is 0.778. The molecule has 3 heterocycles. The molecule has 1 aromatic heterocycles. The Balaban J connectivity index is 1.22. The third-order valence-electron chi connectivity index (χ3n) is 5.42. The fourth-order valence-electron chi connectivity index (χ4n) is 3.67. The molecule has 0 amide bonds. The Kier molecular flexibility index (Phi) is 5.13. The molecular formula is C18H29N5O. The van der Waals surface area contributed by atoms with E-state index in [0.29, 0.717) is 6.04 Å². The number of rotatable bonds is 7. The van der Waals surface area contributed by atoms with E-state index in [9.17, 15) is 0 Å². The van der Waals surface area contributed by atoms with Crippen LogP contribution in [0.5, 0.6) is 0 Å². The summed E-state index contributed by atoms with van der Waals surface area (Å²) < 4.78 is 5.49. The van der Waals surface area contributed by atoms with Crippen LogP contribution in [0.4, 0.5) is 11.6 Å². The minimum absolute atomic E-state index is 0.521. The zero-order chi connectivity index (χ0) is 16.2. The van der Waals surface area contributed by atoms with Crippen molar-refractivity contribution in [2.75, 3.05) is 50.0 Å². The van der Waals surface area contributed by atoms with Gasteiger partial charge in [0.1, 0.15) is 18.0 Å². The van der Waals surface area contributed by atoms with Crippen molar-refractivity contribution in [2.45, 2.75) is 38.1 Å². The first-order valence-corrected chi connectivity index (χ1v) is 9.48. The van der Waals surface area contributed by atoms with Crippen molar-refractivity contribution in [3.63, 3.8) is 0 Å². The van der Waals surface area contributed by atoms with Crippen LogP contribution in [0.15, 0.2) is 12.4 Å². The summed E-state index contributed by atoms with van der Waals surface area (Å²) in [6, 6.07) is 2.57. The summed E-state index contributed by atoms with van der Waals surface area (Å²) >= 11 is 0. The van der Waals surface area contributed by atoms with E-state index in [1.165, 1.54) is 51.7 Å².